The number of hydrogen-bond donors (Lipinski definition) is 1. The minimum atomic E-state index is -4.23. The molecule has 158 valence electrons. The van der Waals surface area contributed by atoms with E-state index in [1.807, 2.05) is 11.0 Å². The number of halogens is 3. The molecule has 8 heteroatoms. The van der Waals surface area contributed by atoms with Crippen LogP contribution < -0.4 is 10.6 Å². The average molecular weight is 415 g/mol. The van der Waals surface area contributed by atoms with Gasteiger partial charge < -0.3 is 15.5 Å². The minimum absolute atomic E-state index is 0.0616. The van der Waals surface area contributed by atoms with Crippen molar-refractivity contribution >= 4 is 16.6 Å². The lowest BCUT2D eigenvalue weighted by atomic mass is 9.61. The molecule has 0 radical (unpaired) electrons. The van der Waals surface area contributed by atoms with E-state index in [1.54, 1.807) is 24.4 Å². The van der Waals surface area contributed by atoms with Gasteiger partial charge in [-0.15, -0.1) is 0 Å². The molecule has 1 unspecified atom stereocenters. The van der Waals surface area contributed by atoms with Crippen LogP contribution in [0.3, 0.4) is 0 Å². The van der Waals surface area contributed by atoms with Crippen LogP contribution >= 0.6 is 0 Å². The van der Waals surface area contributed by atoms with Gasteiger partial charge in [-0.05, 0) is 42.5 Å². The van der Waals surface area contributed by atoms with E-state index in [1.165, 1.54) is 0 Å². The van der Waals surface area contributed by atoms with E-state index < -0.39 is 18.0 Å². The Morgan fingerprint density at radius 2 is 1.97 bits per heavy atom. The third-order valence-corrected chi connectivity index (χ3v) is 7.07. The Labute approximate surface area is 173 Å². The summed E-state index contributed by atoms with van der Waals surface area (Å²) in [5, 5.41) is 10.1. The molecule has 1 aromatic heterocycles. The van der Waals surface area contributed by atoms with E-state index in [2.05, 4.69) is 16.0 Å². The van der Waals surface area contributed by atoms with Crippen LogP contribution in [0.2, 0.25) is 0 Å². The van der Waals surface area contributed by atoms with Crippen LogP contribution in [0, 0.1) is 28.6 Å². The fourth-order valence-corrected chi connectivity index (χ4v) is 5.82. The van der Waals surface area contributed by atoms with Crippen LogP contribution in [0.1, 0.15) is 18.4 Å². The molecule has 1 spiro atoms. The Balaban J connectivity index is 1.38. The smallest absolute Gasteiger partial charge is 0.370 e. The van der Waals surface area contributed by atoms with Crippen LogP contribution in [0.15, 0.2) is 30.5 Å². The number of nitrogens with zero attached hydrogens (tertiary/aromatic N) is 4. The topological polar surface area (TPSA) is 69.2 Å². The number of anilines is 1. The van der Waals surface area contributed by atoms with Gasteiger partial charge in [0.05, 0.1) is 17.0 Å². The molecule has 3 fully saturated rings. The fraction of sp³-hybridized carbons (Fsp3) is 0.545. The second-order valence-electron chi connectivity index (χ2n) is 9.29. The zero-order chi connectivity index (χ0) is 21.1. The lowest BCUT2D eigenvalue weighted by Crippen LogP contribution is -2.66. The van der Waals surface area contributed by atoms with Gasteiger partial charge in [0.25, 0.3) is 0 Å². The predicted molar refractivity (Wildman–Crippen MR) is 108 cm³/mol. The highest BCUT2D eigenvalue weighted by Gasteiger charge is 2.54. The third kappa shape index (κ3) is 3.21. The number of alkyl halides is 3. The number of likely N-dealkylation sites (tertiary alicyclic amines) is 1. The van der Waals surface area contributed by atoms with Crippen molar-refractivity contribution in [2.24, 2.45) is 23.0 Å². The summed E-state index contributed by atoms with van der Waals surface area (Å²) < 4.78 is 41.6. The quantitative estimate of drug-likeness (QED) is 0.834. The molecule has 2 aliphatic heterocycles. The number of aromatic nitrogens is 1. The first-order chi connectivity index (χ1) is 14.3. The lowest BCUT2D eigenvalue weighted by molar-refractivity contribution is -0.183. The average Bonchev–Trinajstić information content (AvgIpc) is 3.08. The van der Waals surface area contributed by atoms with Crippen molar-refractivity contribution in [1.82, 2.24) is 9.88 Å². The summed E-state index contributed by atoms with van der Waals surface area (Å²) in [5.41, 5.74) is 7.86. The van der Waals surface area contributed by atoms with Crippen LogP contribution in [0.25, 0.3) is 10.9 Å². The maximum Gasteiger partial charge on any atom is 0.393 e. The summed E-state index contributed by atoms with van der Waals surface area (Å²) in [6.07, 6.45) is -0.647. The number of nitrogens with two attached hydrogens (primary N) is 1. The summed E-state index contributed by atoms with van der Waals surface area (Å²) in [6, 6.07) is 9.37. The lowest BCUT2D eigenvalue weighted by Gasteiger charge is -2.59. The molecule has 30 heavy (non-hydrogen) atoms. The molecular weight excluding hydrogens is 391 g/mol. The third-order valence-electron chi connectivity index (χ3n) is 7.07. The highest BCUT2D eigenvalue weighted by molar-refractivity contribution is 5.95. The van der Waals surface area contributed by atoms with Crippen LogP contribution in [0.5, 0.6) is 0 Å². The van der Waals surface area contributed by atoms with E-state index >= 15 is 0 Å². The van der Waals surface area contributed by atoms with E-state index in [4.69, 9.17) is 5.73 Å². The maximum absolute atomic E-state index is 13.9. The highest BCUT2D eigenvalue weighted by Crippen LogP contribution is 2.49. The summed E-state index contributed by atoms with van der Waals surface area (Å²) in [7, 11) is 0. The summed E-state index contributed by atoms with van der Waals surface area (Å²) in [6.45, 7) is 2.48. The van der Waals surface area contributed by atoms with E-state index in [9.17, 15) is 18.4 Å². The van der Waals surface area contributed by atoms with Crippen molar-refractivity contribution in [2.45, 2.75) is 25.1 Å². The Morgan fingerprint density at radius 3 is 2.63 bits per heavy atom. The van der Waals surface area contributed by atoms with Crippen molar-refractivity contribution in [3.8, 4) is 6.07 Å². The molecule has 0 bridgehead atoms. The molecule has 2 N–H and O–H groups in total. The molecule has 0 amide bonds. The second kappa shape index (κ2) is 6.82. The molecule has 5 rings (SSSR count). The number of hydrogen-bond acceptors (Lipinski definition) is 5. The van der Waals surface area contributed by atoms with Crippen LogP contribution in [0.4, 0.5) is 18.9 Å². The van der Waals surface area contributed by atoms with Gasteiger partial charge in [0.1, 0.15) is 6.07 Å². The van der Waals surface area contributed by atoms with Gasteiger partial charge in [-0.1, -0.05) is 0 Å². The SMILES string of the molecule is N#Cc1ccc(N2CC(C(F)(F)F)[C@@H](CN3CC4(CC(N)C4)C3)C2)c2cccnc12. The summed E-state index contributed by atoms with van der Waals surface area (Å²) in [4.78, 5) is 8.28. The Morgan fingerprint density at radius 1 is 1.20 bits per heavy atom. The van der Waals surface area contributed by atoms with Gasteiger partial charge in [0, 0.05) is 62.0 Å². The van der Waals surface area contributed by atoms with Crippen molar-refractivity contribution < 1.29 is 13.2 Å². The van der Waals surface area contributed by atoms with Gasteiger partial charge in [-0.2, -0.15) is 18.4 Å². The van der Waals surface area contributed by atoms with Crippen molar-refractivity contribution in [3.05, 3.63) is 36.0 Å². The van der Waals surface area contributed by atoms with Gasteiger partial charge >= 0.3 is 6.18 Å². The molecule has 2 aromatic rings. The second-order valence-corrected chi connectivity index (χ2v) is 9.29. The maximum atomic E-state index is 13.9. The predicted octanol–water partition coefficient (Wildman–Crippen LogP) is 3.14. The van der Waals surface area contributed by atoms with Crippen molar-refractivity contribution in [2.75, 3.05) is 37.6 Å². The van der Waals surface area contributed by atoms with E-state index in [-0.39, 0.29) is 18.0 Å². The van der Waals surface area contributed by atoms with Crippen molar-refractivity contribution in [3.63, 3.8) is 0 Å². The fourth-order valence-electron chi connectivity index (χ4n) is 5.82. The number of rotatable bonds is 3. The number of nitriles is 1. The minimum Gasteiger partial charge on any atom is -0.370 e. The van der Waals surface area contributed by atoms with Crippen LogP contribution in [-0.4, -0.2) is 54.8 Å². The standard InChI is InChI=1S/C22H24F3N5/c23-22(24,25)18-11-30(10-15(18)9-29-12-21(13-29)6-16(27)7-21)19-4-3-14(8-26)20-17(19)2-1-5-28-20/h1-5,15-16,18H,6-7,9-13,27H2/t15-,18?/m0/s1. The monoisotopic (exact) mass is 415 g/mol. The first-order valence-corrected chi connectivity index (χ1v) is 10.4. The highest BCUT2D eigenvalue weighted by atomic mass is 19.4. The molecule has 5 nitrogen and oxygen atoms in total. The molecule has 1 saturated carbocycles. The van der Waals surface area contributed by atoms with Gasteiger partial charge in [0.15, 0.2) is 0 Å². The van der Waals surface area contributed by atoms with E-state index in [0.29, 0.717) is 24.2 Å². The Hall–Kier alpha value is -2.37. The molecule has 1 aromatic carbocycles. The molecule has 2 saturated heterocycles. The zero-order valence-electron chi connectivity index (χ0n) is 16.6. The summed E-state index contributed by atoms with van der Waals surface area (Å²) in [5.74, 6) is -1.83. The molecule has 2 atom stereocenters. The number of pyridine rings is 1. The molecule has 3 aliphatic rings. The normalized spacial score (nSPS) is 26.6. The zero-order valence-corrected chi connectivity index (χ0v) is 16.6. The largest absolute Gasteiger partial charge is 0.393 e. The Bertz CT molecular complexity index is 1000. The first kappa shape index (κ1) is 19.6. The molecule has 1 aliphatic carbocycles. The Kier molecular flexibility index (Phi) is 4.46. The first-order valence-electron chi connectivity index (χ1n) is 10.4. The summed E-state index contributed by atoms with van der Waals surface area (Å²) >= 11 is 0. The molecule has 3 heterocycles. The van der Waals surface area contributed by atoms with Gasteiger partial charge in [0.2, 0.25) is 0 Å². The van der Waals surface area contributed by atoms with E-state index in [0.717, 1.165) is 37.0 Å². The number of fused-ring (bicyclic) bond motifs is 1. The van der Waals surface area contributed by atoms with Crippen LogP contribution in [-0.2, 0) is 0 Å². The molecular formula is C22H24F3N5. The number of benzene rings is 1. The van der Waals surface area contributed by atoms with Crippen molar-refractivity contribution in [1.29, 1.82) is 5.26 Å². The van der Waals surface area contributed by atoms with Gasteiger partial charge in [-0.3, -0.25) is 4.98 Å². The van der Waals surface area contributed by atoms with Gasteiger partial charge in [-0.25, -0.2) is 0 Å².